The number of rotatable bonds is 2. The molecule has 0 saturated carbocycles. The van der Waals surface area contributed by atoms with Crippen LogP contribution in [-0.4, -0.2) is 36.6 Å². The van der Waals surface area contributed by atoms with Gasteiger partial charge in [0.15, 0.2) is 0 Å². The summed E-state index contributed by atoms with van der Waals surface area (Å²) in [4.78, 5) is 14.4. The molecule has 2 amide bonds. The van der Waals surface area contributed by atoms with Crippen molar-refractivity contribution in [1.29, 1.82) is 0 Å². The number of para-hydroxylation sites is 1. The smallest absolute Gasteiger partial charge is 0.321 e. The molecule has 2 heterocycles. The van der Waals surface area contributed by atoms with E-state index in [9.17, 15) is 4.79 Å². The summed E-state index contributed by atoms with van der Waals surface area (Å²) in [6.45, 7) is 5.16. The molecular weight excluding hydrogens is 238 g/mol. The molecule has 0 aliphatic carbocycles. The zero-order valence-corrected chi connectivity index (χ0v) is 11.3. The summed E-state index contributed by atoms with van der Waals surface area (Å²) in [6, 6.07) is 10.1. The summed E-state index contributed by atoms with van der Waals surface area (Å²) in [5.41, 5.74) is 0.873. The number of anilines is 1. The zero-order chi connectivity index (χ0) is 13.2. The van der Waals surface area contributed by atoms with E-state index in [1.807, 2.05) is 35.2 Å². The molecule has 2 saturated heterocycles. The number of hydrogen-bond donors (Lipinski definition) is 2. The van der Waals surface area contributed by atoms with E-state index in [0.29, 0.717) is 17.9 Å². The highest BCUT2D eigenvalue weighted by atomic mass is 16.2. The van der Waals surface area contributed by atoms with Crippen LogP contribution in [0.3, 0.4) is 0 Å². The third kappa shape index (κ3) is 2.32. The lowest BCUT2D eigenvalue weighted by atomic mass is 9.93. The van der Waals surface area contributed by atoms with Crippen LogP contribution in [0.4, 0.5) is 10.5 Å². The van der Waals surface area contributed by atoms with E-state index in [-0.39, 0.29) is 6.03 Å². The number of carbonyl (C=O) groups excluding carboxylic acids is 1. The van der Waals surface area contributed by atoms with Crippen molar-refractivity contribution in [2.24, 2.45) is 11.8 Å². The summed E-state index contributed by atoms with van der Waals surface area (Å²) < 4.78 is 0. The van der Waals surface area contributed by atoms with E-state index in [1.54, 1.807) is 0 Å². The zero-order valence-electron chi connectivity index (χ0n) is 11.3. The van der Waals surface area contributed by atoms with Crippen LogP contribution in [0.2, 0.25) is 0 Å². The van der Waals surface area contributed by atoms with Crippen molar-refractivity contribution in [3.05, 3.63) is 30.3 Å². The lowest BCUT2D eigenvalue weighted by molar-refractivity contribution is 0.196. The topological polar surface area (TPSA) is 44.4 Å². The Morgan fingerprint density at radius 3 is 2.89 bits per heavy atom. The minimum atomic E-state index is 0.0486. The van der Waals surface area contributed by atoms with Crippen molar-refractivity contribution >= 4 is 11.7 Å². The van der Waals surface area contributed by atoms with Gasteiger partial charge in [0.25, 0.3) is 0 Å². The van der Waals surface area contributed by atoms with E-state index in [0.717, 1.165) is 31.7 Å². The molecule has 19 heavy (non-hydrogen) atoms. The van der Waals surface area contributed by atoms with Crippen LogP contribution in [0.25, 0.3) is 0 Å². The van der Waals surface area contributed by atoms with Crippen LogP contribution in [0.15, 0.2) is 30.3 Å². The Hall–Kier alpha value is -1.55. The molecule has 0 aromatic heterocycles. The van der Waals surface area contributed by atoms with Gasteiger partial charge >= 0.3 is 6.03 Å². The Morgan fingerprint density at radius 2 is 2.16 bits per heavy atom. The number of likely N-dealkylation sites (tertiary alicyclic amines) is 1. The number of hydrogen-bond acceptors (Lipinski definition) is 2. The Kier molecular flexibility index (Phi) is 3.42. The molecule has 1 aromatic carbocycles. The summed E-state index contributed by atoms with van der Waals surface area (Å²) in [7, 11) is 0. The average molecular weight is 259 g/mol. The maximum atomic E-state index is 12.4. The predicted molar refractivity (Wildman–Crippen MR) is 76.1 cm³/mol. The summed E-state index contributed by atoms with van der Waals surface area (Å²) in [5.74, 6) is 1.26. The molecule has 4 nitrogen and oxygen atoms in total. The third-order valence-electron chi connectivity index (χ3n) is 4.42. The van der Waals surface area contributed by atoms with Crippen LogP contribution in [-0.2, 0) is 0 Å². The summed E-state index contributed by atoms with van der Waals surface area (Å²) in [5, 5.41) is 6.44. The molecule has 2 aliphatic heterocycles. The largest absolute Gasteiger partial charge is 0.322 e. The maximum Gasteiger partial charge on any atom is 0.322 e. The molecule has 102 valence electrons. The maximum absolute atomic E-state index is 12.4. The predicted octanol–water partition coefficient (Wildman–Crippen LogP) is 2.15. The monoisotopic (exact) mass is 259 g/mol. The second-order valence-corrected chi connectivity index (χ2v) is 5.51. The van der Waals surface area contributed by atoms with E-state index in [2.05, 4.69) is 17.6 Å². The second kappa shape index (κ2) is 5.21. The number of fused-ring (bicyclic) bond motifs is 1. The lowest BCUT2D eigenvalue weighted by Gasteiger charge is -2.27. The van der Waals surface area contributed by atoms with Crippen molar-refractivity contribution in [3.63, 3.8) is 0 Å². The van der Waals surface area contributed by atoms with Gasteiger partial charge in [-0.3, -0.25) is 0 Å². The van der Waals surface area contributed by atoms with Gasteiger partial charge in [0.1, 0.15) is 0 Å². The SMILES string of the molecule is CCC1C2CNCC2CN1C(=O)Nc1ccccc1. The quantitative estimate of drug-likeness (QED) is 0.854. The van der Waals surface area contributed by atoms with E-state index < -0.39 is 0 Å². The molecule has 3 rings (SSSR count). The minimum absolute atomic E-state index is 0.0486. The number of benzene rings is 1. The molecule has 0 radical (unpaired) electrons. The molecule has 2 aliphatic rings. The fourth-order valence-electron chi connectivity index (χ4n) is 3.50. The number of carbonyl (C=O) groups is 1. The van der Waals surface area contributed by atoms with Crippen LogP contribution in [0, 0.1) is 11.8 Å². The molecule has 0 spiro atoms. The van der Waals surface area contributed by atoms with Crippen molar-refractivity contribution in [1.82, 2.24) is 10.2 Å². The minimum Gasteiger partial charge on any atom is -0.321 e. The van der Waals surface area contributed by atoms with Gasteiger partial charge in [0, 0.05) is 31.4 Å². The van der Waals surface area contributed by atoms with Gasteiger partial charge in [-0.25, -0.2) is 4.79 Å². The van der Waals surface area contributed by atoms with Crippen LogP contribution >= 0.6 is 0 Å². The first-order chi connectivity index (χ1) is 9.29. The van der Waals surface area contributed by atoms with E-state index in [4.69, 9.17) is 0 Å². The van der Waals surface area contributed by atoms with Crippen molar-refractivity contribution in [2.75, 3.05) is 25.0 Å². The number of amides is 2. The van der Waals surface area contributed by atoms with Crippen molar-refractivity contribution in [3.8, 4) is 0 Å². The second-order valence-electron chi connectivity index (χ2n) is 5.51. The standard InChI is InChI=1S/C15H21N3O/c1-2-14-13-9-16-8-11(13)10-18(14)15(19)17-12-6-4-3-5-7-12/h3-7,11,13-14,16H,2,8-10H2,1H3,(H,17,19). The molecule has 1 aromatic rings. The van der Waals surface area contributed by atoms with Gasteiger partial charge in [-0.2, -0.15) is 0 Å². The molecule has 3 atom stereocenters. The van der Waals surface area contributed by atoms with Gasteiger partial charge in [0.2, 0.25) is 0 Å². The molecular formula is C15H21N3O. The average Bonchev–Trinajstić information content (AvgIpc) is 2.99. The lowest BCUT2D eigenvalue weighted by Crippen LogP contribution is -2.42. The summed E-state index contributed by atoms with van der Waals surface area (Å²) in [6.07, 6.45) is 1.03. The highest BCUT2D eigenvalue weighted by molar-refractivity contribution is 5.89. The molecule has 4 heteroatoms. The summed E-state index contributed by atoms with van der Waals surface area (Å²) >= 11 is 0. The van der Waals surface area contributed by atoms with Crippen LogP contribution < -0.4 is 10.6 Å². The molecule has 0 bridgehead atoms. The van der Waals surface area contributed by atoms with Crippen LogP contribution in [0.1, 0.15) is 13.3 Å². The van der Waals surface area contributed by atoms with Gasteiger partial charge < -0.3 is 15.5 Å². The molecule has 3 unspecified atom stereocenters. The van der Waals surface area contributed by atoms with Gasteiger partial charge in [0.05, 0.1) is 0 Å². The number of urea groups is 1. The first-order valence-corrected chi connectivity index (χ1v) is 7.13. The first kappa shape index (κ1) is 12.5. The number of nitrogens with zero attached hydrogens (tertiary/aromatic N) is 1. The van der Waals surface area contributed by atoms with Gasteiger partial charge in [-0.05, 0) is 30.4 Å². The Bertz CT molecular complexity index is 448. The molecule has 2 N–H and O–H groups in total. The van der Waals surface area contributed by atoms with E-state index in [1.165, 1.54) is 0 Å². The fraction of sp³-hybridized carbons (Fsp3) is 0.533. The Morgan fingerprint density at radius 1 is 1.37 bits per heavy atom. The highest BCUT2D eigenvalue weighted by Gasteiger charge is 2.45. The third-order valence-corrected chi connectivity index (χ3v) is 4.42. The van der Waals surface area contributed by atoms with Gasteiger partial charge in [-0.1, -0.05) is 25.1 Å². The highest BCUT2D eigenvalue weighted by Crippen LogP contribution is 2.34. The normalized spacial score (nSPS) is 29.3. The van der Waals surface area contributed by atoms with E-state index >= 15 is 0 Å². The Balaban J connectivity index is 1.70. The van der Waals surface area contributed by atoms with Crippen molar-refractivity contribution in [2.45, 2.75) is 19.4 Å². The number of nitrogens with one attached hydrogen (secondary N) is 2. The van der Waals surface area contributed by atoms with Crippen LogP contribution in [0.5, 0.6) is 0 Å². The first-order valence-electron chi connectivity index (χ1n) is 7.13. The Labute approximate surface area is 114 Å². The molecule has 2 fully saturated rings. The van der Waals surface area contributed by atoms with Gasteiger partial charge in [-0.15, -0.1) is 0 Å². The fourth-order valence-corrected chi connectivity index (χ4v) is 3.50. The van der Waals surface area contributed by atoms with Crippen molar-refractivity contribution < 1.29 is 4.79 Å².